The molecule has 0 bridgehead atoms. The largest absolute Gasteiger partial charge is 0.356 e. The summed E-state index contributed by atoms with van der Waals surface area (Å²) in [5, 5.41) is 4.64. The first-order valence-corrected chi connectivity index (χ1v) is 12.1. The van der Waals surface area contributed by atoms with Crippen molar-refractivity contribution in [3.63, 3.8) is 0 Å². The molecule has 0 aliphatic carbocycles. The lowest BCUT2D eigenvalue weighted by Gasteiger charge is -2.36. The van der Waals surface area contributed by atoms with Crippen molar-refractivity contribution >= 4 is 46.6 Å². The van der Waals surface area contributed by atoms with Crippen LogP contribution in [-0.4, -0.2) is 84.5 Å². The van der Waals surface area contributed by atoms with Gasteiger partial charge in [0.2, 0.25) is 5.13 Å². The van der Waals surface area contributed by atoms with Gasteiger partial charge in [0.15, 0.2) is 5.96 Å². The van der Waals surface area contributed by atoms with E-state index in [1.54, 1.807) is 0 Å². The van der Waals surface area contributed by atoms with E-state index in [9.17, 15) is 0 Å². The SMILES string of the molecule is CCc1nsc(N2CCN(C(=NC)NCCCCN3CC(C)CC(C)C3)CC2)n1.I. The Bertz CT molecular complexity index is 635. The Balaban J connectivity index is 0.00000320. The average molecular weight is 550 g/mol. The molecule has 2 aliphatic heterocycles. The van der Waals surface area contributed by atoms with Crippen LogP contribution >= 0.6 is 35.5 Å². The minimum Gasteiger partial charge on any atom is -0.356 e. The molecule has 3 rings (SSSR count). The quantitative estimate of drug-likeness (QED) is 0.244. The number of guanidine groups is 1. The molecule has 0 aromatic carbocycles. The maximum atomic E-state index is 4.63. The first-order valence-electron chi connectivity index (χ1n) is 11.3. The number of aliphatic imine (C=N–C) groups is 1. The van der Waals surface area contributed by atoms with Crippen molar-refractivity contribution in [1.29, 1.82) is 0 Å². The molecule has 2 fully saturated rings. The van der Waals surface area contributed by atoms with Crippen LogP contribution in [0.5, 0.6) is 0 Å². The maximum Gasteiger partial charge on any atom is 0.205 e. The predicted octanol–water partition coefficient (Wildman–Crippen LogP) is 3.17. The number of nitrogens with zero attached hydrogens (tertiary/aromatic N) is 6. The molecule has 2 unspecified atom stereocenters. The van der Waals surface area contributed by atoms with Gasteiger partial charge in [-0.2, -0.15) is 4.37 Å². The lowest BCUT2D eigenvalue weighted by atomic mass is 9.92. The predicted molar refractivity (Wildman–Crippen MR) is 138 cm³/mol. The van der Waals surface area contributed by atoms with Gasteiger partial charge < -0.3 is 20.0 Å². The van der Waals surface area contributed by atoms with Gasteiger partial charge in [-0.1, -0.05) is 20.8 Å². The van der Waals surface area contributed by atoms with Gasteiger partial charge in [-0.25, -0.2) is 4.98 Å². The topological polar surface area (TPSA) is 59.9 Å². The molecule has 1 aromatic heterocycles. The number of likely N-dealkylation sites (tertiary alicyclic amines) is 1. The molecule has 30 heavy (non-hydrogen) atoms. The second kappa shape index (κ2) is 13.0. The fourth-order valence-corrected chi connectivity index (χ4v) is 5.40. The third-order valence-electron chi connectivity index (χ3n) is 5.96. The van der Waals surface area contributed by atoms with Gasteiger partial charge in [0, 0.05) is 70.8 Å². The molecule has 1 N–H and O–H groups in total. The summed E-state index contributed by atoms with van der Waals surface area (Å²) in [6.45, 7) is 15.6. The summed E-state index contributed by atoms with van der Waals surface area (Å²) in [7, 11) is 1.89. The van der Waals surface area contributed by atoms with Crippen molar-refractivity contribution in [2.75, 3.05) is 64.3 Å². The number of piperidine rings is 1. The summed E-state index contributed by atoms with van der Waals surface area (Å²) in [4.78, 5) is 16.5. The zero-order valence-corrected chi connectivity index (χ0v) is 22.3. The number of aryl methyl sites for hydroxylation is 1. The van der Waals surface area contributed by atoms with Crippen LogP contribution in [0.15, 0.2) is 4.99 Å². The first-order chi connectivity index (χ1) is 14.1. The van der Waals surface area contributed by atoms with Gasteiger partial charge in [0.25, 0.3) is 0 Å². The number of unbranched alkanes of at least 4 members (excludes halogenated alkanes) is 1. The lowest BCUT2D eigenvalue weighted by Crippen LogP contribution is -2.52. The highest BCUT2D eigenvalue weighted by Crippen LogP contribution is 2.21. The minimum atomic E-state index is 0. The van der Waals surface area contributed by atoms with Crippen molar-refractivity contribution in [3.8, 4) is 0 Å². The van der Waals surface area contributed by atoms with E-state index in [0.29, 0.717) is 0 Å². The zero-order valence-electron chi connectivity index (χ0n) is 19.1. The number of rotatable bonds is 7. The van der Waals surface area contributed by atoms with E-state index in [0.717, 1.165) is 67.9 Å². The number of piperazine rings is 1. The Morgan fingerprint density at radius 3 is 2.43 bits per heavy atom. The highest BCUT2D eigenvalue weighted by Gasteiger charge is 2.23. The fraction of sp³-hybridized carbons (Fsp3) is 0.857. The van der Waals surface area contributed by atoms with Crippen LogP contribution in [0.4, 0.5) is 5.13 Å². The van der Waals surface area contributed by atoms with Gasteiger partial charge in [-0.3, -0.25) is 4.99 Å². The maximum absolute atomic E-state index is 4.63. The summed E-state index contributed by atoms with van der Waals surface area (Å²) in [6, 6.07) is 0. The third-order valence-corrected chi connectivity index (χ3v) is 6.78. The highest BCUT2D eigenvalue weighted by atomic mass is 127. The summed E-state index contributed by atoms with van der Waals surface area (Å²) in [5.41, 5.74) is 0. The number of nitrogens with one attached hydrogen (secondary N) is 1. The number of hydrogen-bond donors (Lipinski definition) is 1. The Kier molecular flexibility index (Phi) is 11.1. The molecular formula is C21H40IN7S. The van der Waals surface area contributed by atoms with Crippen LogP contribution in [0.25, 0.3) is 0 Å². The van der Waals surface area contributed by atoms with E-state index in [2.05, 4.69) is 55.1 Å². The number of hydrogen-bond acceptors (Lipinski definition) is 6. The number of anilines is 1. The van der Waals surface area contributed by atoms with Gasteiger partial charge in [-0.05, 0) is 37.6 Å². The molecule has 172 valence electrons. The second-order valence-electron chi connectivity index (χ2n) is 8.71. The molecule has 3 heterocycles. The standard InChI is InChI=1S/C21H39N7S.HI/c1-5-19-24-21(29-25-19)28-12-10-27(11-13-28)20(22-4)23-8-6-7-9-26-15-17(2)14-18(3)16-26;/h17-18H,5-16H2,1-4H3,(H,22,23);1H. The molecule has 0 radical (unpaired) electrons. The minimum absolute atomic E-state index is 0. The molecule has 0 amide bonds. The molecule has 0 saturated carbocycles. The highest BCUT2D eigenvalue weighted by molar-refractivity contribution is 14.0. The zero-order chi connectivity index (χ0) is 20.6. The average Bonchev–Trinajstić information content (AvgIpc) is 3.19. The molecule has 9 heteroatoms. The monoisotopic (exact) mass is 549 g/mol. The van der Waals surface area contributed by atoms with Crippen molar-refractivity contribution in [1.82, 2.24) is 24.5 Å². The van der Waals surface area contributed by atoms with E-state index >= 15 is 0 Å². The molecule has 2 saturated heterocycles. The summed E-state index contributed by atoms with van der Waals surface area (Å²) < 4.78 is 4.42. The third kappa shape index (κ3) is 7.47. The Morgan fingerprint density at radius 2 is 1.83 bits per heavy atom. The van der Waals surface area contributed by atoms with E-state index in [1.807, 2.05) is 7.05 Å². The van der Waals surface area contributed by atoms with Gasteiger partial charge >= 0.3 is 0 Å². The fourth-order valence-electron chi connectivity index (χ4n) is 4.59. The van der Waals surface area contributed by atoms with Crippen molar-refractivity contribution in [2.24, 2.45) is 16.8 Å². The lowest BCUT2D eigenvalue weighted by molar-refractivity contribution is 0.139. The molecule has 7 nitrogen and oxygen atoms in total. The smallest absolute Gasteiger partial charge is 0.205 e. The molecule has 0 spiro atoms. The van der Waals surface area contributed by atoms with E-state index in [-0.39, 0.29) is 24.0 Å². The van der Waals surface area contributed by atoms with Crippen LogP contribution in [0.3, 0.4) is 0 Å². The van der Waals surface area contributed by atoms with Crippen LogP contribution in [0.1, 0.15) is 45.9 Å². The Labute approximate surface area is 203 Å². The molecule has 1 aromatic rings. The van der Waals surface area contributed by atoms with Crippen molar-refractivity contribution in [3.05, 3.63) is 5.82 Å². The first kappa shape index (κ1) is 25.6. The molecule has 2 aliphatic rings. The van der Waals surface area contributed by atoms with Crippen LogP contribution < -0.4 is 10.2 Å². The van der Waals surface area contributed by atoms with E-state index < -0.39 is 0 Å². The van der Waals surface area contributed by atoms with Crippen molar-refractivity contribution < 1.29 is 0 Å². The summed E-state index contributed by atoms with van der Waals surface area (Å²) >= 11 is 1.52. The van der Waals surface area contributed by atoms with Gasteiger partial charge in [0.05, 0.1) is 0 Å². The number of halogens is 1. The van der Waals surface area contributed by atoms with E-state index in [4.69, 9.17) is 0 Å². The van der Waals surface area contributed by atoms with E-state index in [1.165, 1.54) is 50.4 Å². The second-order valence-corrected chi connectivity index (χ2v) is 9.44. The van der Waals surface area contributed by atoms with Crippen molar-refractivity contribution in [2.45, 2.75) is 46.5 Å². The molecular weight excluding hydrogens is 509 g/mol. The van der Waals surface area contributed by atoms with Gasteiger partial charge in [-0.15, -0.1) is 24.0 Å². The van der Waals surface area contributed by atoms with Gasteiger partial charge in [0.1, 0.15) is 5.82 Å². The number of aromatic nitrogens is 2. The Morgan fingerprint density at radius 1 is 1.13 bits per heavy atom. The summed E-state index contributed by atoms with van der Waals surface area (Å²) in [5.74, 6) is 3.70. The normalized spacial score (nSPS) is 23.4. The Hall–Kier alpha value is -0.680. The summed E-state index contributed by atoms with van der Waals surface area (Å²) in [6.07, 6.45) is 4.75. The van der Waals surface area contributed by atoms with Crippen LogP contribution in [0, 0.1) is 11.8 Å². The molecule has 2 atom stereocenters. The van der Waals surface area contributed by atoms with Crippen LogP contribution in [0.2, 0.25) is 0 Å². The van der Waals surface area contributed by atoms with Crippen LogP contribution in [-0.2, 0) is 6.42 Å².